The molecule has 148 valence electrons. The summed E-state index contributed by atoms with van der Waals surface area (Å²) in [6.07, 6.45) is 12.5. The SMILES string of the molecule is CCCCC[C@@](C)(O)/C=C\[C@H]1[C@H](O)CC(=O)[C@@H]1C/C=C/CCCC(=O)O. The summed E-state index contributed by atoms with van der Waals surface area (Å²) in [7, 11) is 0. The number of Topliss-reactive ketones (excluding diaryl/α,β-unsaturated/α-hetero) is 1. The van der Waals surface area contributed by atoms with E-state index in [1.165, 1.54) is 0 Å². The van der Waals surface area contributed by atoms with Crippen molar-refractivity contribution in [3.63, 3.8) is 0 Å². The van der Waals surface area contributed by atoms with Crippen molar-refractivity contribution in [3.8, 4) is 0 Å². The second-order valence-corrected chi connectivity index (χ2v) is 7.59. The van der Waals surface area contributed by atoms with Gasteiger partial charge in [0.2, 0.25) is 0 Å². The third-order valence-electron chi connectivity index (χ3n) is 5.01. The van der Waals surface area contributed by atoms with Crippen molar-refractivity contribution in [2.75, 3.05) is 0 Å². The average molecular weight is 366 g/mol. The number of rotatable bonds is 12. The molecule has 0 radical (unpaired) electrons. The van der Waals surface area contributed by atoms with Crippen molar-refractivity contribution in [3.05, 3.63) is 24.3 Å². The third-order valence-corrected chi connectivity index (χ3v) is 5.01. The van der Waals surface area contributed by atoms with E-state index in [9.17, 15) is 19.8 Å². The first-order valence-corrected chi connectivity index (χ1v) is 9.76. The fourth-order valence-corrected chi connectivity index (χ4v) is 3.39. The predicted octanol–water partition coefficient (Wildman–Crippen LogP) is 3.64. The second-order valence-electron chi connectivity index (χ2n) is 7.59. The minimum atomic E-state index is -0.919. The fourth-order valence-electron chi connectivity index (χ4n) is 3.39. The molecule has 1 aliphatic carbocycles. The molecular weight excluding hydrogens is 332 g/mol. The molecule has 5 heteroatoms. The van der Waals surface area contributed by atoms with Gasteiger partial charge in [0, 0.05) is 24.7 Å². The molecule has 1 aliphatic rings. The number of carbonyl (C=O) groups is 2. The highest BCUT2D eigenvalue weighted by Crippen LogP contribution is 2.34. The van der Waals surface area contributed by atoms with E-state index in [0.717, 1.165) is 19.3 Å². The molecule has 0 heterocycles. The maximum Gasteiger partial charge on any atom is 0.303 e. The maximum absolute atomic E-state index is 12.2. The highest BCUT2D eigenvalue weighted by Gasteiger charge is 2.39. The molecule has 5 nitrogen and oxygen atoms in total. The number of hydrogen-bond acceptors (Lipinski definition) is 4. The van der Waals surface area contributed by atoms with Gasteiger partial charge in [0.15, 0.2) is 0 Å². The first-order chi connectivity index (χ1) is 12.3. The van der Waals surface area contributed by atoms with Crippen molar-refractivity contribution >= 4 is 11.8 Å². The number of carboxylic acid groups (broad SMARTS) is 1. The Labute approximate surface area is 156 Å². The van der Waals surface area contributed by atoms with Crippen LogP contribution in [0.15, 0.2) is 24.3 Å². The smallest absolute Gasteiger partial charge is 0.303 e. The zero-order chi connectivity index (χ0) is 19.6. The summed E-state index contributed by atoms with van der Waals surface area (Å²) in [6.45, 7) is 3.88. The van der Waals surface area contributed by atoms with Crippen LogP contribution in [0.1, 0.15) is 71.6 Å². The largest absolute Gasteiger partial charge is 0.481 e. The lowest BCUT2D eigenvalue weighted by Crippen LogP contribution is -2.23. The quantitative estimate of drug-likeness (QED) is 0.362. The minimum absolute atomic E-state index is 0.0490. The highest BCUT2D eigenvalue weighted by atomic mass is 16.4. The van der Waals surface area contributed by atoms with Gasteiger partial charge in [0.25, 0.3) is 0 Å². The summed E-state index contributed by atoms with van der Waals surface area (Å²) in [4.78, 5) is 22.6. The summed E-state index contributed by atoms with van der Waals surface area (Å²) in [5, 5.41) is 29.3. The molecule has 1 fully saturated rings. The zero-order valence-electron chi connectivity index (χ0n) is 16.1. The van der Waals surface area contributed by atoms with E-state index in [-0.39, 0.29) is 30.5 Å². The first kappa shape index (κ1) is 22.6. The molecule has 26 heavy (non-hydrogen) atoms. The van der Waals surface area contributed by atoms with E-state index >= 15 is 0 Å². The summed E-state index contributed by atoms with van der Waals surface area (Å²) in [6, 6.07) is 0. The molecular formula is C21H34O5. The Balaban J connectivity index is 2.58. The molecule has 0 aromatic carbocycles. The Morgan fingerprint density at radius 2 is 2.00 bits per heavy atom. The Morgan fingerprint density at radius 3 is 2.65 bits per heavy atom. The van der Waals surface area contributed by atoms with Crippen molar-refractivity contribution in [2.24, 2.45) is 11.8 Å². The lowest BCUT2D eigenvalue weighted by Gasteiger charge is -2.21. The zero-order valence-corrected chi connectivity index (χ0v) is 16.1. The Kier molecular flexibility index (Phi) is 9.81. The third kappa shape index (κ3) is 8.28. The summed E-state index contributed by atoms with van der Waals surface area (Å²) in [5.74, 6) is -1.30. The topological polar surface area (TPSA) is 94.8 Å². The highest BCUT2D eigenvalue weighted by molar-refractivity contribution is 5.84. The number of hydrogen-bond donors (Lipinski definition) is 3. The van der Waals surface area contributed by atoms with E-state index in [1.807, 2.05) is 18.2 Å². The van der Waals surface area contributed by atoms with Gasteiger partial charge in [-0.2, -0.15) is 0 Å². The standard InChI is InChI=1S/C21H34O5/c1-3-4-9-13-21(2,26)14-12-17-16(18(22)15-19(17)23)10-7-5-6-8-11-20(24)25/h5,7,12,14,16-17,19,23,26H,3-4,6,8-11,13,15H2,1-2H3,(H,24,25)/b7-5+,14-12-/t16-,17-,19-,21-/m1/s1. The number of carbonyl (C=O) groups excluding carboxylic acids is 1. The van der Waals surface area contributed by atoms with Crippen LogP contribution in [0.2, 0.25) is 0 Å². The predicted molar refractivity (Wildman–Crippen MR) is 102 cm³/mol. The van der Waals surface area contributed by atoms with Gasteiger partial charge in [-0.15, -0.1) is 0 Å². The van der Waals surface area contributed by atoms with Gasteiger partial charge in [-0.3, -0.25) is 9.59 Å². The Morgan fingerprint density at radius 1 is 1.27 bits per heavy atom. The van der Waals surface area contributed by atoms with Crippen LogP contribution in [-0.2, 0) is 9.59 Å². The first-order valence-electron chi connectivity index (χ1n) is 9.76. The van der Waals surface area contributed by atoms with Crippen LogP contribution < -0.4 is 0 Å². The van der Waals surface area contributed by atoms with Crippen molar-refractivity contribution in [2.45, 2.75) is 83.3 Å². The monoisotopic (exact) mass is 366 g/mol. The average Bonchev–Trinajstić information content (AvgIpc) is 2.82. The Hall–Kier alpha value is -1.46. The lowest BCUT2D eigenvalue weighted by atomic mass is 9.88. The summed E-state index contributed by atoms with van der Waals surface area (Å²) in [5.41, 5.74) is -0.919. The van der Waals surface area contributed by atoms with Crippen LogP contribution in [0.3, 0.4) is 0 Å². The van der Waals surface area contributed by atoms with Gasteiger partial charge >= 0.3 is 5.97 Å². The molecule has 4 atom stereocenters. The number of allylic oxidation sites excluding steroid dienone is 2. The van der Waals surface area contributed by atoms with Gasteiger partial charge in [0.05, 0.1) is 11.7 Å². The number of carboxylic acids is 1. The molecule has 0 bridgehead atoms. The number of aliphatic hydroxyl groups excluding tert-OH is 1. The normalized spacial score (nSPS) is 26.0. The van der Waals surface area contributed by atoms with Crippen molar-refractivity contribution < 1.29 is 24.9 Å². The van der Waals surface area contributed by atoms with Gasteiger partial charge in [-0.1, -0.05) is 50.5 Å². The molecule has 1 rings (SSSR count). The van der Waals surface area contributed by atoms with Crippen LogP contribution in [0.5, 0.6) is 0 Å². The lowest BCUT2D eigenvalue weighted by molar-refractivity contribution is -0.137. The number of ketones is 1. The van der Waals surface area contributed by atoms with Crippen molar-refractivity contribution in [1.82, 2.24) is 0 Å². The van der Waals surface area contributed by atoms with Crippen LogP contribution in [0, 0.1) is 11.8 Å². The second kappa shape index (κ2) is 11.3. The molecule has 3 N–H and O–H groups in total. The van der Waals surface area contributed by atoms with Crippen LogP contribution in [-0.4, -0.2) is 38.8 Å². The van der Waals surface area contributed by atoms with Crippen molar-refractivity contribution in [1.29, 1.82) is 0 Å². The van der Waals surface area contributed by atoms with E-state index < -0.39 is 17.7 Å². The molecule has 0 spiro atoms. The van der Waals surface area contributed by atoms with E-state index in [4.69, 9.17) is 5.11 Å². The molecule has 0 aromatic heterocycles. The van der Waals surface area contributed by atoms with E-state index in [2.05, 4.69) is 6.92 Å². The molecule has 0 amide bonds. The molecule has 1 saturated carbocycles. The summed E-state index contributed by atoms with van der Waals surface area (Å²) < 4.78 is 0. The van der Waals surface area contributed by atoms with E-state index in [1.54, 1.807) is 13.0 Å². The fraction of sp³-hybridized carbons (Fsp3) is 0.714. The van der Waals surface area contributed by atoms with E-state index in [0.29, 0.717) is 25.7 Å². The molecule has 0 aliphatic heterocycles. The van der Waals surface area contributed by atoms with Crippen LogP contribution in [0.25, 0.3) is 0 Å². The van der Waals surface area contributed by atoms with Gasteiger partial charge < -0.3 is 15.3 Å². The maximum atomic E-state index is 12.2. The number of unbranched alkanes of at least 4 members (excludes halogenated alkanes) is 3. The van der Waals surface area contributed by atoms with Crippen LogP contribution >= 0.6 is 0 Å². The molecule has 0 saturated heterocycles. The Bertz CT molecular complexity index is 507. The number of aliphatic carboxylic acids is 1. The van der Waals surface area contributed by atoms with Gasteiger partial charge in [-0.25, -0.2) is 0 Å². The molecule has 0 unspecified atom stereocenters. The minimum Gasteiger partial charge on any atom is -0.481 e. The molecule has 0 aromatic rings. The van der Waals surface area contributed by atoms with Gasteiger partial charge in [-0.05, 0) is 32.6 Å². The van der Waals surface area contributed by atoms with Gasteiger partial charge in [0.1, 0.15) is 5.78 Å². The van der Waals surface area contributed by atoms with Crippen LogP contribution in [0.4, 0.5) is 0 Å². The summed E-state index contributed by atoms with van der Waals surface area (Å²) >= 11 is 0. The number of aliphatic hydroxyl groups is 2.